The van der Waals surface area contributed by atoms with Gasteiger partial charge < -0.3 is 21.1 Å². The molecule has 1 atom stereocenters. The molecule has 0 aliphatic rings. The smallest absolute Gasteiger partial charge is 0.201 e. The Hall–Kier alpha value is 0.330. The fraction of sp³-hybridized carbons (Fsp3) is 0.300. The fourth-order valence-corrected chi connectivity index (χ4v) is 3.76. The van der Waals surface area contributed by atoms with Crippen LogP contribution in [0.5, 0.6) is 0 Å². The Bertz CT molecular complexity index is 570. The van der Waals surface area contributed by atoms with Crippen molar-refractivity contribution >= 4 is 80.7 Å². The number of imidazole rings is 1. The molecule has 0 radical (unpaired) electrons. The molecule has 0 amide bonds. The zero-order valence-electron chi connectivity index (χ0n) is 9.48. The van der Waals surface area contributed by atoms with Gasteiger partial charge in [0, 0.05) is 22.0 Å². The van der Waals surface area contributed by atoms with Gasteiger partial charge in [-0.1, -0.05) is 0 Å². The molecule has 0 saturated carbocycles. The van der Waals surface area contributed by atoms with E-state index in [0.717, 1.165) is 28.9 Å². The lowest BCUT2D eigenvalue weighted by atomic mass is 10.3. The number of anilines is 1. The highest BCUT2D eigenvalue weighted by Crippen LogP contribution is 2.42. The monoisotopic (exact) mass is 518 g/mol. The Morgan fingerprint density at radius 3 is 2.42 bits per heavy atom. The molecule has 1 aromatic carbocycles. The third-order valence-electron chi connectivity index (χ3n) is 2.49. The number of aromatic nitrogens is 2. The Balaban J connectivity index is 2.40. The molecule has 0 aliphatic heterocycles. The number of aliphatic hydroxyl groups is 1. The third kappa shape index (κ3) is 3.16. The molecule has 5 N–H and O–H groups in total. The molecule has 1 unspecified atom stereocenters. The summed E-state index contributed by atoms with van der Waals surface area (Å²) in [6.45, 7) is 0.547. The molecule has 2 aromatic rings. The SMILES string of the molecule is NCC(O)CNc1nc2c(Br)c(Br)c(Br)c(Br)c2[nH]1. The van der Waals surface area contributed by atoms with Gasteiger partial charge in [-0.3, -0.25) is 0 Å². The average molecular weight is 522 g/mol. The first kappa shape index (κ1) is 15.7. The van der Waals surface area contributed by atoms with E-state index in [4.69, 9.17) is 5.73 Å². The van der Waals surface area contributed by atoms with Crippen LogP contribution >= 0.6 is 63.7 Å². The average Bonchev–Trinajstić information content (AvgIpc) is 2.84. The summed E-state index contributed by atoms with van der Waals surface area (Å²) in [4.78, 5) is 7.59. The molecule has 0 saturated heterocycles. The number of hydrogen-bond donors (Lipinski definition) is 4. The lowest BCUT2D eigenvalue weighted by molar-refractivity contribution is 0.196. The van der Waals surface area contributed by atoms with Crippen LogP contribution < -0.4 is 11.1 Å². The molecule has 0 spiro atoms. The van der Waals surface area contributed by atoms with E-state index in [1.54, 1.807) is 0 Å². The molecule has 0 fully saturated rings. The van der Waals surface area contributed by atoms with Crippen molar-refractivity contribution in [2.45, 2.75) is 6.10 Å². The minimum absolute atomic E-state index is 0.206. The number of nitrogens with zero attached hydrogens (tertiary/aromatic N) is 1. The topological polar surface area (TPSA) is 87.0 Å². The van der Waals surface area contributed by atoms with Crippen LogP contribution in [0.25, 0.3) is 11.0 Å². The summed E-state index contributed by atoms with van der Waals surface area (Å²) in [6, 6.07) is 0. The van der Waals surface area contributed by atoms with Crippen molar-refractivity contribution in [3.8, 4) is 0 Å². The maximum Gasteiger partial charge on any atom is 0.201 e. The second-order valence-corrected chi connectivity index (χ2v) is 7.01. The van der Waals surface area contributed by atoms with Crippen molar-refractivity contribution in [3.05, 3.63) is 17.9 Å². The van der Waals surface area contributed by atoms with Gasteiger partial charge in [0.05, 0.1) is 20.6 Å². The van der Waals surface area contributed by atoms with Crippen LogP contribution in [0.4, 0.5) is 5.95 Å². The fourth-order valence-electron chi connectivity index (χ4n) is 1.48. The minimum Gasteiger partial charge on any atom is -0.390 e. The van der Waals surface area contributed by atoms with Crippen LogP contribution in [-0.2, 0) is 0 Å². The number of hydrogen-bond acceptors (Lipinski definition) is 4. The van der Waals surface area contributed by atoms with Gasteiger partial charge in [-0.2, -0.15) is 0 Å². The molecule has 0 bridgehead atoms. The van der Waals surface area contributed by atoms with Crippen LogP contribution in [0, 0.1) is 0 Å². The predicted octanol–water partition coefficient (Wildman–Crippen LogP) is 3.34. The summed E-state index contributed by atoms with van der Waals surface area (Å²) in [5.74, 6) is 0.578. The zero-order valence-corrected chi connectivity index (χ0v) is 15.8. The van der Waals surface area contributed by atoms with Gasteiger partial charge in [0.15, 0.2) is 0 Å². The Labute approximate surface area is 143 Å². The van der Waals surface area contributed by atoms with Gasteiger partial charge in [0.2, 0.25) is 5.95 Å². The van der Waals surface area contributed by atoms with Gasteiger partial charge >= 0.3 is 0 Å². The molecule has 5 nitrogen and oxygen atoms in total. The van der Waals surface area contributed by atoms with Crippen molar-refractivity contribution in [2.75, 3.05) is 18.4 Å². The summed E-state index contributed by atoms with van der Waals surface area (Å²) < 4.78 is 3.50. The lowest BCUT2D eigenvalue weighted by Gasteiger charge is -2.07. The maximum absolute atomic E-state index is 9.43. The zero-order chi connectivity index (χ0) is 14.2. The number of halogens is 4. The molecule has 1 aromatic heterocycles. The molecule has 19 heavy (non-hydrogen) atoms. The highest BCUT2D eigenvalue weighted by atomic mass is 79.9. The quantitative estimate of drug-likeness (QED) is 0.367. The van der Waals surface area contributed by atoms with Crippen LogP contribution in [0.1, 0.15) is 0 Å². The normalized spacial score (nSPS) is 12.9. The standard InChI is InChI=1S/C10H10Br4N4O/c11-4-5(12)7(14)9-8(6(4)13)17-10(18-9)16-2-3(19)1-15/h3,19H,1-2,15H2,(H2,16,17,18). The second-order valence-electron chi connectivity index (χ2n) is 3.84. The maximum atomic E-state index is 9.43. The number of aromatic amines is 1. The Morgan fingerprint density at radius 2 is 1.79 bits per heavy atom. The highest BCUT2D eigenvalue weighted by molar-refractivity contribution is 9.15. The first-order valence-electron chi connectivity index (χ1n) is 5.29. The minimum atomic E-state index is -0.599. The van der Waals surface area contributed by atoms with E-state index < -0.39 is 6.10 Å². The van der Waals surface area contributed by atoms with E-state index in [1.807, 2.05) is 0 Å². The van der Waals surface area contributed by atoms with E-state index in [1.165, 1.54) is 0 Å². The van der Waals surface area contributed by atoms with Crippen molar-refractivity contribution < 1.29 is 5.11 Å². The number of nitrogens with two attached hydrogens (primary N) is 1. The molecule has 0 aliphatic carbocycles. The van der Waals surface area contributed by atoms with Crippen LogP contribution in [0.15, 0.2) is 17.9 Å². The summed E-state index contributed by atoms with van der Waals surface area (Å²) in [7, 11) is 0. The van der Waals surface area contributed by atoms with Crippen molar-refractivity contribution in [1.29, 1.82) is 0 Å². The second kappa shape index (κ2) is 6.40. The van der Waals surface area contributed by atoms with Crippen molar-refractivity contribution in [2.24, 2.45) is 5.73 Å². The summed E-state index contributed by atoms with van der Waals surface area (Å²) in [5.41, 5.74) is 6.99. The molecular weight excluding hydrogens is 512 g/mol. The first-order valence-corrected chi connectivity index (χ1v) is 8.46. The first-order chi connectivity index (χ1) is 8.95. The van der Waals surface area contributed by atoms with E-state index in [0.29, 0.717) is 12.5 Å². The predicted molar refractivity (Wildman–Crippen MR) is 90.4 cm³/mol. The number of H-pyrrole nitrogens is 1. The lowest BCUT2D eigenvalue weighted by Crippen LogP contribution is -2.28. The highest BCUT2D eigenvalue weighted by Gasteiger charge is 2.17. The van der Waals surface area contributed by atoms with Gasteiger partial charge in [-0.25, -0.2) is 4.98 Å². The molecule has 9 heteroatoms. The van der Waals surface area contributed by atoms with Gasteiger partial charge in [0.1, 0.15) is 5.52 Å². The Kier molecular flexibility index (Phi) is 5.29. The summed E-state index contributed by atoms with van der Waals surface area (Å²) >= 11 is 14.0. The van der Waals surface area contributed by atoms with E-state index >= 15 is 0 Å². The third-order valence-corrected chi connectivity index (χ3v) is 7.23. The number of fused-ring (bicyclic) bond motifs is 1. The Morgan fingerprint density at radius 1 is 1.16 bits per heavy atom. The van der Waals surface area contributed by atoms with Gasteiger partial charge in [0.25, 0.3) is 0 Å². The van der Waals surface area contributed by atoms with Crippen molar-refractivity contribution in [3.63, 3.8) is 0 Å². The number of benzene rings is 1. The van der Waals surface area contributed by atoms with Crippen LogP contribution in [0.3, 0.4) is 0 Å². The number of nitrogens with one attached hydrogen (secondary N) is 2. The largest absolute Gasteiger partial charge is 0.390 e. The molecular formula is C10H10Br4N4O. The van der Waals surface area contributed by atoms with Crippen LogP contribution in [-0.4, -0.2) is 34.3 Å². The van der Waals surface area contributed by atoms with Crippen LogP contribution in [0.2, 0.25) is 0 Å². The van der Waals surface area contributed by atoms with E-state index in [-0.39, 0.29) is 6.54 Å². The molecule has 104 valence electrons. The van der Waals surface area contributed by atoms with Gasteiger partial charge in [-0.15, -0.1) is 0 Å². The summed E-state index contributed by atoms with van der Waals surface area (Å²) in [6.07, 6.45) is -0.599. The van der Waals surface area contributed by atoms with E-state index in [2.05, 4.69) is 79.0 Å². The number of aliphatic hydroxyl groups excluding tert-OH is 1. The van der Waals surface area contributed by atoms with Gasteiger partial charge in [-0.05, 0) is 63.7 Å². The molecule has 2 rings (SSSR count). The number of rotatable bonds is 4. The molecule has 1 heterocycles. The van der Waals surface area contributed by atoms with E-state index in [9.17, 15) is 5.11 Å². The van der Waals surface area contributed by atoms with Crippen molar-refractivity contribution in [1.82, 2.24) is 9.97 Å². The summed E-state index contributed by atoms with van der Waals surface area (Å²) in [5, 5.41) is 12.4.